The summed E-state index contributed by atoms with van der Waals surface area (Å²) in [6, 6.07) is 19.8. The van der Waals surface area contributed by atoms with Crippen LogP contribution < -0.4 is 10.5 Å². The van der Waals surface area contributed by atoms with E-state index in [2.05, 4.69) is 5.10 Å². The largest absolute Gasteiger partial charge is 0.451 e. The molecule has 1 saturated heterocycles. The van der Waals surface area contributed by atoms with Gasteiger partial charge in [-0.3, -0.25) is 9.59 Å². The molecule has 0 atom stereocenters. The van der Waals surface area contributed by atoms with Crippen molar-refractivity contribution < 1.29 is 9.21 Å². The summed E-state index contributed by atoms with van der Waals surface area (Å²) < 4.78 is 7.08. The third-order valence-electron chi connectivity index (χ3n) is 5.76. The molecule has 0 N–H and O–H groups in total. The van der Waals surface area contributed by atoms with Crippen LogP contribution >= 0.6 is 23.2 Å². The lowest BCUT2D eigenvalue weighted by Gasteiger charge is -2.35. The molecule has 1 aliphatic heterocycles. The lowest BCUT2D eigenvalue weighted by atomic mass is 10.2. The Labute approximate surface area is 205 Å². The van der Waals surface area contributed by atoms with Crippen LogP contribution in [0.2, 0.25) is 10.0 Å². The smallest absolute Gasteiger partial charge is 0.292 e. The molecule has 1 amide bonds. The van der Waals surface area contributed by atoms with Crippen LogP contribution in [-0.2, 0) is 0 Å². The maximum Gasteiger partial charge on any atom is 0.292 e. The van der Waals surface area contributed by atoms with Gasteiger partial charge in [0.2, 0.25) is 0 Å². The molecule has 34 heavy (non-hydrogen) atoms. The summed E-state index contributed by atoms with van der Waals surface area (Å²) in [5.74, 6) is 0.611. The highest BCUT2D eigenvalue weighted by atomic mass is 35.5. The second-order valence-corrected chi connectivity index (χ2v) is 8.60. The summed E-state index contributed by atoms with van der Waals surface area (Å²) >= 11 is 12.7. The van der Waals surface area contributed by atoms with Crippen LogP contribution in [0.1, 0.15) is 10.6 Å². The average molecular weight is 495 g/mol. The second kappa shape index (κ2) is 9.37. The van der Waals surface area contributed by atoms with Gasteiger partial charge < -0.3 is 14.2 Å². The van der Waals surface area contributed by atoms with E-state index in [0.717, 1.165) is 5.56 Å². The highest BCUT2D eigenvalue weighted by Gasteiger charge is 2.26. The third kappa shape index (κ3) is 4.20. The summed E-state index contributed by atoms with van der Waals surface area (Å²) in [4.78, 5) is 29.5. The van der Waals surface area contributed by atoms with Crippen molar-refractivity contribution in [1.29, 1.82) is 0 Å². The molecule has 7 nitrogen and oxygen atoms in total. The Balaban J connectivity index is 1.28. The van der Waals surface area contributed by atoms with Crippen molar-refractivity contribution in [3.63, 3.8) is 0 Å². The van der Waals surface area contributed by atoms with E-state index in [1.54, 1.807) is 41.4 Å². The van der Waals surface area contributed by atoms with Gasteiger partial charge >= 0.3 is 0 Å². The zero-order valence-corrected chi connectivity index (χ0v) is 19.5. The van der Waals surface area contributed by atoms with Gasteiger partial charge in [0.25, 0.3) is 11.5 Å². The zero-order chi connectivity index (χ0) is 23.7. The number of anilines is 1. The van der Waals surface area contributed by atoms with Crippen LogP contribution in [0, 0.1) is 0 Å². The molecule has 0 radical (unpaired) electrons. The van der Waals surface area contributed by atoms with Gasteiger partial charge in [-0.2, -0.15) is 9.78 Å². The van der Waals surface area contributed by atoms with Crippen LogP contribution in [-0.4, -0.2) is 46.8 Å². The minimum absolute atomic E-state index is 0.106. The molecule has 0 unspecified atom stereocenters. The molecule has 2 aromatic heterocycles. The summed E-state index contributed by atoms with van der Waals surface area (Å²) in [5, 5.41) is 4.96. The molecule has 1 fully saturated rings. The first-order chi connectivity index (χ1) is 16.5. The van der Waals surface area contributed by atoms with Gasteiger partial charge in [-0.15, -0.1) is 0 Å². The van der Waals surface area contributed by atoms with Crippen LogP contribution in [0.15, 0.2) is 82.1 Å². The number of nitrogens with zero attached hydrogens (tertiary/aromatic N) is 4. The fourth-order valence-corrected chi connectivity index (χ4v) is 4.44. The van der Waals surface area contributed by atoms with Gasteiger partial charge in [0.05, 0.1) is 22.6 Å². The fraction of sp³-hybridized carbons (Fsp3) is 0.160. The molecule has 172 valence electrons. The number of para-hydroxylation sites is 1. The maximum absolute atomic E-state index is 13.0. The number of carbonyl (C=O) groups is 1. The molecule has 5 rings (SSSR count). The van der Waals surface area contributed by atoms with Gasteiger partial charge in [-0.05, 0) is 36.4 Å². The molecule has 0 aliphatic carbocycles. The third-order valence-corrected chi connectivity index (χ3v) is 6.45. The van der Waals surface area contributed by atoms with E-state index in [4.69, 9.17) is 27.6 Å². The average Bonchev–Trinajstić information content (AvgIpc) is 3.36. The lowest BCUT2D eigenvalue weighted by Crippen LogP contribution is -2.49. The van der Waals surface area contributed by atoms with Crippen molar-refractivity contribution >= 4 is 34.8 Å². The monoisotopic (exact) mass is 494 g/mol. The molecule has 3 heterocycles. The van der Waals surface area contributed by atoms with E-state index in [1.165, 1.54) is 4.68 Å². The molecule has 0 spiro atoms. The number of carbonyl (C=O) groups excluding carboxylic acids is 1. The maximum atomic E-state index is 13.0. The minimum Gasteiger partial charge on any atom is -0.451 e. The lowest BCUT2D eigenvalue weighted by molar-refractivity contribution is 0.0715. The number of piperazine rings is 1. The van der Waals surface area contributed by atoms with Crippen molar-refractivity contribution in [3.8, 4) is 17.0 Å². The number of hydrogen-bond donors (Lipinski definition) is 0. The van der Waals surface area contributed by atoms with Gasteiger partial charge in [-0.25, -0.2) is 0 Å². The Morgan fingerprint density at radius 1 is 0.882 bits per heavy atom. The van der Waals surface area contributed by atoms with Crippen molar-refractivity contribution in [2.75, 3.05) is 31.1 Å². The first-order valence-electron chi connectivity index (χ1n) is 10.7. The molecule has 0 saturated carbocycles. The van der Waals surface area contributed by atoms with Crippen LogP contribution in [0.3, 0.4) is 0 Å². The SMILES string of the molecule is O=C(c1ccc(-c2ccccc2Cl)o1)N1CCN(c2cnn(-c3ccccc3)c(=O)c2Cl)CC1. The normalized spacial score (nSPS) is 13.8. The van der Waals surface area contributed by atoms with Crippen molar-refractivity contribution in [1.82, 2.24) is 14.7 Å². The van der Waals surface area contributed by atoms with Crippen molar-refractivity contribution in [2.45, 2.75) is 0 Å². The molecule has 4 aromatic rings. The van der Waals surface area contributed by atoms with Crippen LogP contribution in [0.25, 0.3) is 17.0 Å². The first kappa shape index (κ1) is 22.3. The Kier molecular flexibility index (Phi) is 6.13. The Morgan fingerprint density at radius 2 is 1.59 bits per heavy atom. The van der Waals surface area contributed by atoms with Gasteiger partial charge in [-0.1, -0.05) is 53.5 Å². The van der Waals surface area contributed by atoms with E-state index >= 15 is 0 Å². The Hall–Kier alpha value is -3.55. The Bertz CT molecular complexity index is 1390. The van der Waals surface area contributed by atoms with E-state index in [9.17, 15) is 9.59 Å². The Morgan fingerprint density at radius 3 is 2.32 bits per heavy atom. The molecule has 9 heteroatoms. The number of benzene rings is 2. The number of amides is 1. The van der Waals surface area contributed by atoms with Crippen LogP contribution in [0.5, 0.6) is 0 Å². The van der Waals surface area contributed by atoms with E-state index in [-0.39, 0.29) is 22.2 Å². The predicted octanol–water partition coefficient (Wildman–Crippen LogP) is 4.76. The van der Waals surface area contributed by atoms with Gasteiger partial charge in [0.15, 0.2) is 5.76 Å². The van der Waals surface area contributed by atoms with Gasteiger partial charge in [0, 0.05) is 31.7 Å². The number of furan rings is 1. The molecule has 0 bridgehead atoms. The summed E-state index contributed by atoms with van der Waals surface area (Å²) in [6.45, 7) is 1.94. The van der Waals surface area contributed by atoms with E-state index in [1.807, 2.05) is 41.3 Å². The molecule has 1 aliphatic rings. The van der Waals surface area contributed by atoms with Crippen LogP contribution in [0.4, 0.5) is 5.69 Å². The van der Waals surface area contributed by atoms with Crippen molar-refractivity contribution in [2.24, 2.45) is 0 Å². The zero-order valence-electron chi connectivity index (χ0n) is 18.0. The molecular weight excluding hydrogens is 475 g/mol. The fourth-order valence-electron chi connectivity index (χ4n) is 3.96. The highest BCUT2D eigenvalue weighted by Crippen LogP contribution is 2.30. The quantitative estimate of drug-likeness (QED) is 0.408. The minimum atomic E-state index is -0.383. The summed E-state index contributed by atoms with van der Waals surface area (Å²) in [7, 11) is 0. The summed E-state index contributed by atoms with van der Waals surface area (Å²) in [5.41, 5.74) is 1.56. The molecule has 2 aromatic carbocycles. The van der Waals surface area contributed by atoms with Crippen molar-refractivity contribution in [3.05, 3.63) is 99.1 Å². The number of halogens is 2. The highest BCUT2D eigenvalue weighted by molar-refractivity contribution is 6.33. The first-order valence-corrected chi connectivity index (χ1v) is 11.5. The second-order valence-electron chi connectivity index (χ2n) is 7.82. The number of aromatic nitrogens is 2. The van der Waals surface area contributed by atoms with E-state index in [0.29, 0.717) is 48.3 Å². The topological polar surface area (TPSA) is 71.6 Å². The number of hydrogen-bond acceptors (Lipinski definition) is 5. The summed E-state index contributed by atoms with van der Waals surface area (Å²) in [6.07, 6.45) is 1.59. The molecular formula is C25H20Cl2N4O3. The standard InChI is InChI=1S/C25H20Cl2N4O3/c26-19-9-5-4-8-18(19)21-10-11-22(34-21)24(32)30-14-12-29(13-15-30)20-16-28-31(25(33)23(20)27)17-6-2-1-3-7-17/h1-11,16H,12-15H2. The van der Waals surface area contributed by atoms with Gasteiger partial charge in [0.1, 0.15) is 10.8 Å². The predicted molar refractivity (Wildman–Crippen MR) is 132 cm³/mol. The van der Waals surface area contributed by atoms with E-state index < -0.39 is 0 Å². The number of rotatable bonds is 4.